The lowest BCUT2D eigenvalue weighted by atomic mass is 9.86. The van der Waals surface area contributed by atoms with E-state index in [0.29, 0.717) is 12.5 Å². The molecule has 142 valence electrons. The normalized spacial score (nSPS) is 16.1. The fourth-order valence-corrected chi connectivity index (χ4v) is 3.96. The van der Waals surface area contributed by atoms with Gasteiger partial charge in [-0.3, -0.25) is 0 Å². The van der Waals surface area contributed by atoms with Crippen molar-refractivity contribution in [2.24, 2.45) is 0 Å². The number of rotatable bonds is 3. The highest BCUT2D eigenvalue weighted by atomic mass is 35.5. The summed E-state index contributed by atoms with van der Waals surface area (Å²) < 4.78 is 1.86. The van der Waals surface area contributed by atoms with Crippen LogP contribution in [-0.2, 0) is 12.0 Å². The van der Waals surface area contributed by atoms with Gasteiger partial charge in [-0.1, -0.05) is 75.0 Å². The molecule has 1 saturated carbocycles. The van der Waals surface area contributed by atoms with Crippen LogP contribution in [0.15, 0.2) is 24.3 Å². The van der Waals surface area contributed by atoms with E-state index in [1.54, 1.807) is 0 Å². The molecule has 0 amide bonds. The maximum atomic E-state index is 6.35. The van der Waals surface area contributed by atoms with Crippen LogP contribution in [0.5, 0.6) is 0 Å². The SMILES string of the molecule is CC(C)(C)c1nc(C2CCCCC2)c2nnn(Cc3ccccc3Cl)c2n1. The Balaban J connectivity index is 1.83. The standard InChI is InChI=1S/C21H26ClN5/c1-21(2,3)20-23-17(14-9-5-4-6-10-14)18-19(24-20)27(26-25-18)13-15-11-7-8-12-16(15)22/h7-8,11-12,14H,4-6,9-10,13H2,1-3H3. The third-order valence-electron chi connectivity index (χ3n) is 5.33. The molecule has 0 radical (unpaired) electrons. The molecule has 1 aromatic carbocycles. The average molecular weight is 384 g/mol. The number of fused-ring (bicyclic) bond motifs is 1. The van der Waals surface area contributed by atoms with Gasteiger partial charge in [0.1, 0.15) is 5.82 Å². The summed E-state index contributed by atoms with van der Waals surface area (Å²) in [6.07, 6.45) is 6.18. The first-order valence-corrected chi connectivity index (χ1v) is 10.2. The molecule has 0 aliphatic heterocycles. The van der Waals surface area contributed by atoms with Crippen molar-refractivity contribution in [1.29, 1.82) is 0 Å². The van der Waals surface area contributed by atoms with Crippen LogP contribution in [0.4, 0.5) is 0 Å². The molecule has 4 rings (SSSR count). The molecular formula is C21H26ClN5. The van der Waals surface area contributed by atoms with Crippen molar-refractivity contribution in [3.8, 4) is 0 Å². The highest BCUT2D eigenvalue weighted by molar-refractivity contribution is 6.31. The van der Waals surface area contributed by atoms with E-state index in [2.05, 4.69) is 31.1 Å². The minimum atomic E-state index is -0.128. The molecule has 0 spiro atoms. The van der Waals surface area contributed by atoms with Crippen molar-refractivity contribution in [2.75, 3.05) is 0 Å². The second-order valence-corrected chi connectivity index (χ2v) is 8.94. The Morgan fingerprint density at radius 1 is 1.07 bits per heavy atom. The van der Waals surface area contributed by atoms with Crippen LogP contribution in [0.3, 0.4) is 0 Å². The number of benzene rings is 1. The van der Waals surface area contributed by atoms with E-state index in [0.717, 1.165) is 33.3 Å². The van der Waals surface area contributed by atoms with Crippen LogP contribution in [0.25, 0.3) is 11.2 Å². The molecule has 0 unspecified atom stereocenters. The van der Waals surface area contributed by atoms with Gasteiger partial charge in [0, 0.05) is 16.4 Å². The average Bonchev–Trinajstić information content (AvgIpc) is 3.06. The van der Waals surface area contributed by atoms with Gasteiger partial charge in [-0.25, -0.2) is 14.6 Å². The number of hydrogen-bond acceptors (Lipinski definition) is 4. The first-order chi connectivity index (χ1) is 12.9. The summed E-state index contributed by atoms with van der Waals surface area (Å²) in [4.78, 5) is 9.85. The van der Waals surface area contributed by atoms with E-state index in [1.807, 2.05) is 28.9 Å². The topological polar surface area (TPSA) is 56.5 Å². The van der Waals surface area contributed by atoms with E-state index < -0.39 is 0 Å². The summed E-state index contributed by atoms with van der Waals surface area (Å²) in [7, 11) is 0. The molecule has 0 N–H and O–H groups in total. The Bertz CT molecular complexity index is 951. The summed E-state index contributed by atoms with van der Waals surface area (Å²) in [5.41, 5.74) is 3.63. The Labute approximate surface area is 165 Å². The van der Waals surface area contributed by atoms with Crippen LogP contribution >= 0.6 is 11.6 Å². The lowest BCUT2D eigenvalue weighted by molar-refractivity contribution is 0.433. The van der Waals surface area contributed by atoms with Gasteiger partial charge in [0.15, 0.2) is 11.2 Å². The predicted molar refractivity (Wildman–Crippen MR) is 108 cm³/mol. The maximum Gasteiger partial charge on any atom is 0.182 e. The largest absolute Gasteiger partial charge is 0.235 e. The smallest absolute Gasteiger partial charge is 0.182 e. The summed E-state index contributed by atoms with van der Waals surface area (Å²) in [6, 6.07) is 7.85. The molecular weight excluding hydrogens is 358 g/mol. The van der Waals surface area contributed by atoms with Crippen molar-refractivity contribution in [3.63, 3.8) is 0 Å². The predicted octanol–water partition coefficient (Wildman–Crippen LogP) is 5.27. The Kier molecular flexibility index (Phi) is 4.89. The summed E-state index contributed by atoms with van der Waals surface area (Å²) in [5, 5.41) is 9.64. The number of halogens is 1. The Morgan fingerprint density at radius 2 is 1.81 bits per heavy atom. The molecule has 0 saturated heterocycles. The lowest BCUT2D eigenvalue weighted by Crippen LogP contribution is -2.19. The van der Waals surface area contributed by atoms with Gasteiger partial charge < -0.3 is 0 Å². The third-order valence-corrected chi connectivity index (χ3v) is 5.70. The number of aromatic nitrogens is 5. The Hall–Kier alpha value is -2.01. The van der Waals surface area contributed by atoms with Crippen LogP contribution in [0.1, 0.15) is 75.9 Å². The quantitative estimate of drug-likeness (QED) is 0.618. The molecule has 27 heavy (non-hydrogen) atoms. The molecule has 1 fully saturated rings. The fraction of sp³-hybridized carbons (Fsp3) is 0.524. The highest BCUT2D eigenvalue weighted by Crippen LogP contribution is 2.35. The van der Waals surface area contributed by atoms with E-state index >= 15 is 0 Å². The van der Waals surface area contributed by atoms with Gasteiger partial charge in [0.2, 0.25) is 0 Å². The van der Waals surface area contributed by atoms with Crippen molar-refractivity contribution >= 4 is 22.8 Å². The third kappa shape index (κ3) is 3.70. The van der Waals surface area contributed by atoms with Crippen molar-refractivity contribution in [1.82, 2.24) is 25.0 Å². The zero-order valence-corrected chi connectivity index (χ0v) is 17.0. The molecule has 1 aliphatic carbocycles. The minimum absolute atomic E-state index is 0.128. The van der Waals surface area contributed by atoms with Crippen molar-refractivity contribution in [2.45, 2.75) is 70.8 Å². The molecule has 0 bridgehead atoms. The van der Waals surface area contributed by atoms with Crippen LogP contribution < -0.4 is 0 Å². The van der Waals surface area contributed by atoms with E-state index in [1.165, 1.54) is 32.1 Å². The van der Waals surface area contributed by atoms with Gasteiger partial charge >= 0.3 is 0 Å². The number of hydrogen-bond donors (Lipinski definition) is 0. The molecule has 1 aliphatic rings. The Morgan fingerprint density at radius 3 is 2.52 bits per heavy atom. The first-order valence-electron chi connectivity index (χ1n) is 9.78. The first kappa shape index (κ1) is 18.4. The van der Waals surface area contributed by atoms with Gasteiger partial charge in [0.25, 0.3) is 0 Å². The molecule has 5 nitrogen and oxygen atoms in total. The highest BCUT2D eigenvalue weighted by Gasteiger charge is 2.27. The van der Waals surface area contributed by atoms with Crippen LogP contribution in [0, 0.1) is 0 Å². The van der Waals surface area contributed by atoms with Crippen LogP contribution in [0.2, 0.25) is 5.02 Å². The second kappa shape index (κ2) is 7.19. The van der Waals surface area contributed by atoms with Gasteiger partial charge in [-0.05, 0) is 24.5 Å². The fourth-order valence-electron chi connectivity index (χ4n) is 3.77. The monoisotopic (exact) mass is 383 g/mol. The molecule has 6 heteroatoms. The zero-order chi connectivity index (χ0) is 19.0. The lowest BCUT2D eigenvalue weighted by Gasteiger charge is -2.23. The van der Waals surface area contributed by atoms with Gasteiger partial charge in [-0.15, -0.1) is 5.10 Å². The van der Waals surface area contributed by atoms with Crippen molar-refractivity contribution < 1.29 is 0 Å². The van der Waals surface area contributed by atoms with Crippen molar-refractivity contribution in [3.05, 3.63) is 46.4 Å². The van der Waals surface area contributed by atoms with Crippen LogP contribution in [-0.4, -0.2) is 25.0 Å². The molecule has 2 aromatic heterocycles. The van der Waals surface area contributed by atoms with E-state index in [-0.39, 0.29) is 5.41 Å². The van der Waals surface area contributed by atoms with E-state index in [9.17, 15) is 0 Å². The summed E-state index contributed by atoms with van der Waals surface area (Å²) >= 11 is 6.35. The maximum absolute atomic E-state index is 6.35. The summed E-state index contributed by atoms with van der Waals surface area (Å²) in [6.45, 7) is 7.02. The molecule has 0 atom stereocenters. The van der Waals surface area contributed by atoms with E-state index in [4.69, 9.17) is 21.6 Å². The van der Waals surface area contributed by atoms with Gasteiger partial charge in [0.05, 0.1) is 12.2 Å². The van der Waals surface area contributed by atoms with Gasteiger partial charge in [-0.2, -0.15) is 0 Å². The molecule has 2 heterocycles. The molecule has 3 aromatic rings. The second-order valence-electron chi connectivity index (χ2n) is 8.53. The zero-order valence-electron chi connectivity index (χ0n) is 16.2. The number of nitrogens with zero attached hydrogens (tertiary/aromatic N) is 5. The summed E-state index contributed by atoms with van der Waals surface area (Å²) in [5.74, 6) is 1.31. The minimum Gasteiger partial charge on any atom is -0.235 e.